The number of carbonyl (C=O) groups excluding carboxylic acids is 1. The highest BCUT2D eigenvalue weighted by atomic mass is 16.7. The first-order chi connectivity index (χ1) is 24.2. The van der Waals surface area contributed by atoms with Crippen molar-refractivity contribution in [1.82, 2.24) is 0 Å². The molecule has 0 aliphatic carbocycles. The number of allylic oxidation sites excluding steroid dienone is 2. The highest BCUT2D eigenvalue weighted by Crippen LogP contribution is 2.42. The monoisotopic (exact) mass is 718 g/mol. The van der Waals surface area contributed by atoms with Gasteiger partial charge in [-0.1, -0.05) is 11.6 Å². The molecular formula is C35H42O16. The molecule has 0 bridgehead atoms. The Kier molecular flexibility index (Phi) is 11.6. The molecule has 16 nitrogen and oxygen atoms in total. The van der Waals surface area contributed by atoms with Gasteiger partial charge in [0.25, 0.3) is 0 Å². The van der Waals surface area contributed by atoms with Gasteiger partial charge in [-0.15, -0.1) is 0 Å². The van der Waals surface area contributed by atoms with E-state index in [-0.39, 0.29) is 40.0 Å². The van der Waals surface area contributed by atoms with Crippen LogP contribution in [0.3, 0.4) is 0 Å². The summed E-state index contributed by atoms with van der Waals surface area (Å²) >= 11 is 0. The number of aliphatic hydroxyl groups excluding tert-OH is 6. The number of carbonyl (C=O) groups is 1. The number of ether oxygens (including phenoxy) is 6. The van der Waals surface area contributed by atoms with E-state index in [2.05, 4.69) is 0 Å². The number of methoxy groups -OCH3 is 1. The highest BCUT2D eigenvalue weighted by Gasteiger charge is 2.48. The molecule has 3 heterocycles. The Morgan fingerprint density at radius 3 is 2.20 bits per heavy atom. The molecule has 2 aliphatic rings. The van der Waals surface area contributed by atoms with Gasteiger partial charge in [0, 0.05) is 24.1 Å². The van der Waals surface area contributed by atoms with Gasteiger partial charge in [-0.3, -0.25) is 9.59 Å². The second-order valence-electron chi connectivity index (χ2n) is 12.6. The summed E-state index contributed by atoms with van der Waals surface area (Å²) < 4.78 is 40.2. The fraction of sp³-hybridized carbons (Fsp3) is 0.486. The van der Waals surface area contributed by atoms with E-state index >= 15 is 0 Å². The summed E-state index contributed by atoms with van der Waals surface area (Å²) in [7, 11) is 1.47. The van der Waals surface area contributed by atoms with E-state index in [1.807, 2.05) is 13.8 Å². The second kappa shape index (κ2) is 15.5. The molecular weight excluding hydrogens is 676 g/mol. The van der Waals surface area contributed by atoms with Crippen molar-refractivity contribution in [2.24, 2.45) is 0 Å². The quantitative estimate of drug-likeness (QED) is 0.112. The van der Waals surface area contributed by atoms with Crippen molar-refractivity contribution in [3.63, 3.8) is 0 Å². The zero-order chi connectivity index (χ0) is 37.3. The average molecular weight is 719 g/mol. The van der Waals surface area contributed by atoms with Crippen LogP contribution in [0.4, 0.5) is 0 Å². The van der Waals surface area contributed by atoms with Gasteiger partial charge >= 0.3 is 5.97 Å². The Morgan fingerprint density at radius 1 is 0.902 bits per heavy atom. The number of benzene rings is 2. The van der Waals surface area contributed by atoms with Gasteiger partial charge in [0.15, 0.2) is 11.9 Å². The van der Waals surface area contributed by atoms with E-state index in [0.29, 0.717) is 5.75 Å². The molecule has 0 radical (unpaired) electrons. The predicted octanol–water partition coefficient (Wildman–Crippen LogP) is 0.639. The molecule has 0 spiro atoms. The molecule has 10 atom stereocenters. The van der Waals surface area contributed by atoms with E-state index in [1.54, 1.807) is 30.3 Å². The number of rotatable bonds is 10. The standard InChI is InChI=1S/C35H42O16/c1-14(2)6-11-19-21(48-35-33(47-16(4)37)28(43)25(40)22(13-36)49-35)12-20(38)23-26(41)32(51-34-29(44)27(42)24(39)15(3)46-34)30(50-31(19)23)17-7-9-18(45-5)10-8-17/h6-10,12,15,22,24-25,27-29,33-36,38-40,42-44H,11,13H2,1-5H3/t15-,22+,24-,25+,27+,28-,29+,33+,34-,35+/m0/s1. The minimum atomic E-state index is -1.79. The van der Waals surface area contributed by atoms with E-state index in [4.69, 9.17) is 32.8 Å². The van der Waals surface area contributed by atoms with Gasteiger partial charge in [0.2, 0.25) is 23.8 Å². The lowest BCUT2D eigenvalue weighted by molar-refractivity contribution is -0.282. The van der Waals surface area contributed by atoms with Crippen molar-refractivity contribution in [2.45, 2.75) is 95.5 Å². The maximum absolute atomic E-state index is 14.4. The van der Waals surface area contributed by atoms with Crippen LogP contribution in [0, 0.1) is 0 Å². The van der Waals surface area contributed by atoms with Crippen LogP contribution in [0.1, 0.15) is 33.3 Å². The number of phenolic OH excluding ortho intramolecular Hbond substituents is 1. The zero-order valence-corrected chi connectivity index (χ0v) is 28.5. The Labute approximate surface area is 291 Å². The van der Waals surface area contributed by atoms with Gasteiger partial charge in [0.05, 0.1) is 19.8 Å². The first-order valence-electron chi connectivity index (χ1n) is 16.1. The van der Waals surface area contributed by atoms with Crippen molar-refractivity contribution >= 4 is 16.9 Å². The maximum Gasteiger partial charge on any atom is 0.303 e. The predicted molar refractivity (Wildman–Crippen MR) is 176 cm³/mol. The van der Waals surface area contributed by atoms with Gasteiger partial charge in [-0.2, -0.15) is 0 Å². The van der Waals surface area contributed by atoms with E-state index < -0.39 is 90.9 Å². The summed E-state index contributed by atoms with van der Waals surface area (Å²) in [5, 5.41) is 73.3. The number of aromatic hydroxyl groups is 1. The van der Waals surface area contributed by atoms with E-state index in [1.165, 1.54) is 14.0 Å². The number of hydrogen-bond donors (Lipinski definition) is 7. The lowest BCUT2D eigenvalue weighted by Crippen LogP contribution is -2.61. The minimum Gasteiger partial charge on any atom is -0.507 e. The summed E-state index contributed by atoms with van der Waals surface area (Å²) in [6, 6.07) is 7.38. The topological polar surface area (TPSA) is 244 Å². The third-order valence-electron chi connectivity index (χ3n) is 8.64. The van der Waals surface area contributed by atoms with Crippen molar-refractivity contribution < 1.29 is 73.4 Å². The molecule has 2 aliphatic heterocycles. The lowest BCUT2D eigenvalue weighted by atomic mass is 9.98. The van der Waals surface area contributed by atoms with Crippen LogP contribution in [0.2, 0.25) is 0 Å². The molecule has 16 heteroatoms. The number of hydrogen-bond acceptors (Lipinski definition) is 16. The van der Waals surface area contributed by atoms with Crippen molar-refractivity contribution in [1.29, 1.82) is 0 Å². The minimum absolute atomic E-state index is 0.0469. The molecule has 0 amide bonds. The number of aliphatic hydroxyl groups is 6. The Bertz CT molecular complexity index is 1800. The molecule has 278 valence electrons. The molecule has 3 aromatic rings. The summed E-state index contributed by atoms with van der Waals surface area (Å²) in [6.45, 7) is 5.43. The normalized spacial score (nSPS) is 29.3. The maximum atomic E-state index is 14.4. The van der Waals surface area contributed by atoms with Crippen molar-refractivity contribution in [3.8, 4) is 34.3 Å². The van der Waals surface area contributed by atoms with Gasteiger partial charge < -0.3 is 68.6 Å². The zero-order valence-electron chi connectivity index (χ0n) is 28.5. The van der Waals surface area contributed by atoms with Crippen LogP contribution in [0.15, 0.2) is 51.2 Å². The molecule has 1 aromatic heterocycles. The molecule has 2 saturated heterocycles. The molecule has 0 unspecified atom stereocenters. The van der Waals surface area contributed by atoms with Crippen LogP contribution in [0.25, 0.3) is 22.3 Å². The second-order valence-corrected chi connectivity index (χ2v) is 12.6. The number of fused-ring (bicyclic) bond motifs is 1. The highest BCUT2D eigenvalue weighted by molar-refractivity contribution is 5.91. The smallest absolute Gasteiger partial charge is 0.303 e. The van der Waals surface area contributed by atoms with Crippen LogP contribution in [0.5, 0.6) is 23.0 Å². The fourth-order valence-corrected chi connectivity index (χ4v) is 5.82. The lowest BCUT2D eigenvalue weighted by Gasteiger charge is -2.41. The van der Waals surface area contributed by atoms with Crippen LogP contribution < -0.4 is 19.6 Å². The van der Waals surface area contributed by atoms with Crippen molar-refractivity contribution in [2.75, 3.05) is 13.7 Å². The SMILES string of the molecule is COc1ccc(-c2oc3c(CC=C(C)C)c(O[C@@H]4O[C@H](CO)[C@@H](O)[C@H](O)[C@H]4OC(C)=O)cc(O)c3c(=O)c2O[C@@H]2O[C@@H](C)[C@H](O)[C@@H](O)[C@H]2O)cc1. The molecule has 51 heavy (non-hydrogen) atoms. The Hall–Kier alpha value is -4.26. The molecule has 2 fully saturated rings. The van der Waals surface area contributed by atoms with Crippen LogP contribution in [-0.2, 0) is 25.4 Å². The van der Waals surface area contributed by atoms with E-state index in [9.17, 15) is 45.3 Å². The summed E-state index contributed by atoms with van der Waals surface area (Å²) in [5.41, 5.74) is 0.257. The molecule has 7 N–H and O–H groups in total. The first kappa shape index (κ1) is 38.0. The van der Waals surface area contributed by atoms with Crippen LogP contribution >= 0.6 is 0 Å². The largest absolute Gasteiger partial charge is 0.507 e. The first-order valence-corrected chi connectivity index (χ1v) is 16.1. The van der Waals surface area contributed by atoms with Gasteiger partial charge in [-0.05, 0) is 51.5 Å². The molecule has 0 saturated carbocycles. The molecule has 5 rings (SSSR count). The summed E-state index contributed by atoms with van der Waals surface area (Å²) in [4.78, 5) is 26.3. The van der Waals surface area contributed by atoms with Crippen LogP contribution in [-0.4, -0.2) is 117 Å². The Morgan fingerprint density at radius 2 is 1.59 bits per heavy atom. The van der Waals surface area contributed by atoms with Crippen molar-refractivity contribution in [3.05, 3.63) is 57.8 Å². The average Bonchev–Trinajstić information content (AvgIpc) is 3.09. The Balaban J connectivity index is 1.72. The number of esters is 1. The fourth-order valence-electron chi connectivity index (χ4n) is 5.82. The third kappa shape index (κ3) is 7.68. The van der Waals surface area contributed by atoms with Gasteiger partial charge in [0.1, 0.15) is 64.8 Å². The molecule has 2 aromatic carbocycles. The van der Waals surface area contributed by atoms with Gasteiger partial charge in [-0.25, -0.2) is 0 Å². The van der Waals surface area contributed by atoms with E-state index in [0.717, 1.165) is 18.6 Å². The number of phenols is 1. The third-order valence-corrected chi connectivity index (χ3v) is 8.64. The summed E-state index contributed by atoms with van der Waals surface area (Å²) in [6.07, 6.45) is -13.7. The summed E-state index contributed by atoms with van der Waals surface area (Å²) in [5.74, 6) is -1.83.